The molecule has 1 fully saturated rings. The van der Waals surface area contributed by atoms with Crippen LogP contribution in [0, 0.1) is 0 Å². The van der Waals surface area contributed by atoms with Crippen LogP contribution in [0.2, 0.25) is 0 Å². The van der Waals surface area contributed by atoms with Gasteiger partial charge in [0.1, 0.15) is 10.5 Å². The Morgan fingerprint density at radius 2 is 0.763 bits per heavy atom. The van der Waals surface area contributed by atoms with E-state index in [2.05, 4.69) is 0 Å². The molecule has 0 aliphatic carbocycles. The van der Waals surface area contributed by atoms with Gasteiger partial charge in [0.2, 0.25) is 11.8 Å². The number of hydrogen-bond donors (Lipinski definition) is 0. The number of hydrogen-bond acceptors (Lipinski definition) is 4. The van der Waals surface area contributed by atoms with Gasteiger partial charge < -0.3 is 9.80 Å². The summed E-state index contributed by atoms with van der Waals surface area (Å²) in [7, 11) is 0. The Balaban J connectivity index is 1.29. The molecule has 1 aliphatic rings. The molecular formula is C32H30N2O2S2. The van der Waals surface area contributed by atoms with Crippen molar-refractivity contribution in [3.8, 4) is 0 Å². The molecule has 1 saturated heterocycles. The van der Waals surface area contributed by atoms with Gasteiger partial charge >= 0.3 is 0 Å². The molecule has 6 heteroatoms. The zero-order valence-electron chi connectivity index (χ0n) is 21.1. The quantitative estimate of drug-likeness (QED) is 0.233. The van der Waals surface area contributed by atoms with Crippen molar-refractivity contribution in [2.45, 2.75) is 20.3 Å². The highest BCUT2D eigenvalue weighted by molar-refractivity contribution is 8.00. The van der Waals surface area contributed by atoms with Crippen LogP contribution < -0.4 is 0 Å². The van der Waals surface area contributed by atoms with Crippen LogP contribution in [0.5, 0.6) is 0 Å². The molecule has 0 unspecified atom stereocenters. The molecule has 0 spiro atoms. The average Bonchev–Trinajstić information content (AvgIpc) is 3.00. The van der Waals surface area contributed by atoms with E-state index in [4.69, 9.17) is 0 Å². The van der Waals surface area contributed by atoms with E-state index in [0.717, 1.165) is 20.9 Å². The summed E-state index contributed by atoms with van der Waals surface area (Å²) >= 11 is 3.16. The van der Waals surface area contributed by atoms with Crippen molar-refractivity contribution in [1.29, 1.82) is 0 Å². The van der Waals surface area contributed by atoms with Crippen LogP contribution in [0.3, 0.4) is 0 Å². The SMILES string of the molecule is O=C([C@@H](Sc1ccccc1)c1ccccc1)N1CCN(C(=O)[C@@H](Sc2ccccc2)c2ccccc2)CC1. The number of thioether (sulfide) groups is 2. The summed E-state index contributed by atoms with van der Waals surface area (Å²) < 4.78 is 0. The first-order valence-electron chi connectivity index (χ1n) is 12.8. The first-order chi connectivity index (χ1) is 18.7. The van der Waals surface area contributed by atoms with E-state index < -0.39 is 0 Å². The lowest BCUT2D eigenvalue weighted by molar-refractivity contribution is -0.139. The molecule has 0 aromatic heterocycles. The molecule has 0 N–H and O–H groups in total. The maximum Gasteiger partial charge on any atom is 0.240 e. The lowest BCUT2D eigenvalue weighted by Gasteiger charge is -2.37. The zero-order chi connectivity index (χ0) is 26.2. The van der Waals surface area contributed by atoms with Crippen LogP contribution in [0.25, 0.3) is 0 Å². The van der Waals surface area contributed by atoms with Gasteiger partial charge in [-0.3, -0.25) is 9.59 Å². The number of amides is 2. The highest BCUT2D eigenvalue weighted by Crippen LogP contribution is 2.38. The third kappa shape index (κ3) is 6.50. The fraction of sp³-hybridized carbons (Fsp3) is 0.188. The number of nitrogens with zero attached hydrogens (tertiary/aromatic N) is 2. The maximum atomic E-state index is 13.8. The van der Waals surface area contributed by atoms with Gasteiger partial charge in [-0.1, -0.05) is 97.1 Å². The summed E-state index contributed by atoms with van der Waals surface area (Å²) in [6.45, 7) is 2.11. The number of piperazine rings is 1. The molecule has 1 aliphatic heterocycles. The number of carbonyl (C=O) groups excluding carboxylic acids is 2. The van der Waals surface area contributed by atoms with Crippen molar-refractivity contribution in [2.24, 2.45) is 0 Å². The summed E-state index contributed by atoms with van der Waals surface area (Å²) in [5.41, 5.74) is 1.99. The van der Waals surface area contributed by atoms with Gasteiger partial charge in [-0.15, -0.1) is 23.5 Å². The Morgan fingerprint density at radius 3 is 1.08 bits per heavy atom. The van der Waals surface area contributed by atoms with E-state index in [1.807, 2.05) is 131 Å². The molecule has 38 heavy (non-hydrogen) atoms. The summed E-state index contributed by atoms with van der Waals surface area (Å²) in [5, 5.41) is -0.655. The van der Waals surface area contributed by atoms with Crippen molar-refractivity contribution in [2.75, 3.05) is 26.2 Å². The Bertz CT molecular complexity index is 1210. The molecule has 192 valence electrons. The smallest absolute Gasteiger partial charge is 0.240 e. The highest BCUT2D eigenvalue weighted by atomic mass is 32.2. The van der Waals surface area contributed by atoms with Crippen LogP contribution >= 0.6 is 23.5 Å². The van der Waals surface area contributed by atoms with Crippen LogP contribution in [0.1, 0.15) is 21.6 Å². The fourth-order valence-electron chi connectivity index (χ4n) is 4.53. The molecule has 2 amide bonds. The van der Waals surface area contributed by atoms with E-state index in [9.17, 15) is 9.59 Å². The van der Waals surface area contributed by atoms with Crippen molar-refractivity contribution in [1.82, 2.24) is 9.80 Å². The van der Waals surface area contributed by atoms with Gasteiger partial charge in [-0.2, -0.15) is 0 Å². The minimum atomic E-state index is -0.327. The Labute approximate surface area is 233 Å². The topological polar surface area (TPSA) is 40.6 Å². The van der Waals surface area contributed by atoms with E-state index in [1.165, 1.54) is 0 Å². The summed E-state index contributed by atoms with van der Waals surface area (Å²) in [6.07, 6.45) is 0. The molecule has 2 atom stereocenters. The van der Waals surface area contributed by atoms with Crippen LogP contribution in [0.4, 0.5) is 0 Å². The van der Waals surface area contributed by atoms with Crippen molar-refractivity contribution in [3.05, 3.63) is 132 Å². The molecule has 0 radical (unpaired) electrons. The molecule has 5 rings (SSSR count). The van der Waals surface area contributed by atoms with Gasteiger partial charge in [-0.25, -0.2) is 0 Å². The molecule has 4 aromatic carbocycles. The molecule has 1 heterocycles. The minimum absolute atomic E-state index is 0.0930. The summed E-state index contributed by atoms with van der Waals surface area (Å²) in [4.78, 5) is 33.5. The number of rotatable bonds is 8. The van der Waals surface area contributed by atoms with Gasteiger partial charge in [0.05, 0.1) is 0 Å². The lowest BCUT2D eigenvalue weighted by atomic mass is 10.1. The predicted octanol–water partition coefficient (Wildman–Crippen LogP) is 6.72. The monoisotopic (exact) mass is 538 g/mol. The highest BCUT2D eigenvalue weighted by Gasteiger charge is 2.33. The number of benzene rings is 4. The van der Waals surface area contributed by atoms with Gasteiger partial charge in [0.25, 0.3) is 0 Å². The van der Waals surface area contributed by atoms with Crippen molar-refractivity contribution in [3.63, 3.8) is 0 Å². The van der Waals surface area contributed by atoms with Gasteiger partial charge in [-0.05, 0) is 35.4 Å². The maximum absolute atomic E-state index is 13.8. The summed E-state index contributed by atoms with van der Waals surface area (Å²) in [5.74, 6) is 0.186. The molecule has 4 aromatic rings. The largest absolute Gasteiger partial charge is 0.338 e. The number of carbonyl (C=O) groups is 2. The van der Waals surface area contributed by atoms with Crippen LogP contribution in [-0.2, 0) is 9.59 Å². The molecule has 0 saturated carbocycles. The minimum Gasteiger partial charge on any atom is -0.338 e. The Morgan fingerprint density at radius 1 is 0.474 bits per heavy atom. The van der Waals surface area contributed by atoms with Crippen LogP contribution in [-0.4, -0.2) is 47.8 Å². The third-order valence-corrected chi connectivity index (χ3v) is 9.06. The fourth-order valence-corrected chi connectivity index (χ4v) is 6.79. The van der Waals surface area contributed by atoms with E-state index in [1.54, 1.807) is 23.5 Å². The lowest BCUT2D eigenvalue weighted by Crippen LogP contribution is -2.52. The van der Waals surface area contributed by atoms with E-state index in [0.29, 0.717) is 26.2 Å². The second-order valence-electron chi connectivity index (χ2n) is 9.09. The second-order valence-corrected chi connectivity index (χ2v) is 11.5. The molecule has 0 bridgehead atoms. The van der Waals surface area contributed by atoms with Gasteiger partial charge in [0.15, 0.2) is 0 Å². The first kappa shape index (κ1) is 26.1. The van der Waals surface area contributed by atoms with Crippen LogP contribution in [0.15, 0.2) is 131 Å². The Hall–Kier alpha value is -3.48. The second kappa shape index (κ2) is 12.9. The first-order valence-corrected chi connectivity index (χ1v) is 14.6. The third-order valence-electron chi connectivity index (χ3n) is 6.55. The van der Waals surface area contributed by atoms with Gasteiger partial charge in [0, 0.05) is 36.0 Å². The standard InChI is InChI=1S/C32H30N2O2S2/c35-31(29(25-13-5-1-6-14-25)37-27-17-9-3-10-18-27)33-21-23-34(24-22-33)32(36)30(26-15-7-2-8-16-26)38-28-19-11-4-12-20-28/h1-20,29-30H,21-24H2/t29-,30-/m0/s1. The normalized spacial score (nSPS) is 15.1. The zero-order valence-corrected chi connectivity index (χ0v) is 22.7. The van der Waals surface area contributed by atoms with Crippen molar-refractivity contribution < 1.29 is 9.59 Å². The van der Waals surface area contributed by atoms with E-state index in [-0.39, 0.29) is 22.3 Å². The van der Waals surface area contributed by atoms with Crippen molar-refractivity contribution >= 4 is 35.3 Å². The average molecular weight is 539 g/mol. The molecule has 4 nitrogen and oxygen atoms in total. The molecular weight excluding hydrogens is 508 g/mol. The summed E-state index contributed by atoms with van der Waals surface area (Å²) in [6, 6.07) is 40.0. The van der Waals surface area contributed by atoms with E-state index >= 15 is 0 Å². The predicted molar refractivity (Wildman–Crippen MR) is 156 cm³/mol. The Kier molecular flexibility index (Phi) is 8.84.